The van der Waals surface area contributed by atoms with E-state index in [1.165, 1.54) is 0 Å². The maximum Gasteiger partial charge on any atom is 0.190 e. The number of hydrogen-bond acceptors (Lipinski definition) is 3. The first-order valence-corrected chi connectivity index (χ1v) is 6.48. The quantitative estimate of drug-likeness (QED) is 0.890. The summed E-state index contributed by atoms with van der Waals surface area (Å²) in [5.74, 6) is -1.29. The van der Waals surface area contributed by atoms with Gasteiger partial charge in [0.2, 0.25) is 0 Å². The van der Waals surface area contributed by atoms with Crippen molar-refractivity contribution in [3.63, 3.8) is 0 Å². The predicted octanol–water partition coefficient (Wildman–Crippen LogP) is 3.09. The fourth-order valence-corrected chi connectivity index (χ4v) is 1.90. The second kappa shape index (κ2) is 7.04. The molecule has 0 aliphatic carbocycles. The Morgan fingerprint density at radius 2 is 1.62 bits per heavy atom. The van der Waals surface area contributed by atoms with Crippen LogP contribution in [0.4, 0.5) is 8.78 Å². The molecule has 112 valence electrons. The van der Waals surface area contributed by atoms with E-state index >= 15 is 0 Å². The standard InChI is InChI=1S/C16H16F2O3/c1-20-13-4-2-11(3-5-13)6-7-21-16-14(17)8-12(10-19)9-15(16)18/h2-5,8-9,19H,6-7,10H2,1H3. The summed E-state index contributed by atoms with van der Waals surface area (Å²) in [6.07, 6.45) is 0.518. The molecule has 2 rings (SSSR count). The van der Waals surface area contributed by atoms with Gasteiger partial charge in [-0.15, -0.1) is 0 Å². The monoisotopic (exact) mass is 294 g/mol. The van der Waals surface area contributed by atoms with Crippen molar-refractivity contribution in [1.82, 2.24) is 0 Å². The van der Waals surface area contributed by atoms with Crippen LogP contribution in [0.3, 0.4) is 0 Å². The summed E-state index contributed by atoms with van der Waals surface area (Å²) in [6.45, 7) is -0.265. The molecule has 0 aliphatic heterocycles. The molecular formula is C16H16F2O3. The molecule has 0 amide bonds. The first-order chi connectivity index (χ1) is 10.1. The zero-order chi connectivity index (χ0) is 15.2. The van der Waals surface area contributed by atoms with Crippen molar-refractivity contribution in [3.8, 4) is 11.5 Å². The van der Waals surface area contributed by atoms with Gasteiger partial charge in [-0.2, -0.15) is 0 Å². The van der Waals surface area contributed by atoms with Crippen molar-refractivity contribution >= 4 is 0 Å². The zero-order valence-corrected chi connectivity index (χ0v) is 11.6. The van der Waals surface area contributed by atoms with E-state index in [9.17, 15) is 8.78 Å². The number of rotatable bonds is 6. The molecule has 0 atom stereocenters. The third kappa shape index (κ3) is 3.92. The molecule has 0 saturated carbocycles. The fraction of sp³-hybridized carbons (Fsp3) is 0.250. The van der Waals surface area contributed by atoms with Crippen molar-refractivity contribution in [1.29, 1.82) is 0 Å². The summed E-state index contributed by atoms with van der Waals surface area (Å²) in [7, 11) is 1.58. The maximum atomic E-state index is 13.6. The first kappa shape index (κ1) is 15.3. The minimum atomic E-state index is -0.811. The van der Waals surface area contributed by atoms with Crippen LogP contribution in [-0.4, -0.2) is 18.8 Å². The Hall–Kier alpha value is -2.14. The number of ether oxygens (including phenoxy) is 2. The van der Waals surface area contributed by atoms with E-state index in [1.807, 2.05) is 24.3 Å². The van der Waals surface area contributed by atoms with Crippen LogP contribution in [0, 0.1) is 11.6 Å². The molecular weight excluding hydrogens is 278 g/mol. The van der Waals surface area contributed by atoms with Gasteiger partial charge in [0.25, 0.3) is 0 Å². The number of methoxy groups -OCH3 is 1. The lowest BCUT2D eigenvalue weighted by atomic mass is 10.1. The van der Waals surface area contributed by atoms with Crippen LogP contribution in [0.5, 0.6) is 11.5 Å². The predicted molar refractivity (Wildman–Crippen MR) is 74.5 cm³/mol. The van der Waals surface area contributed by atoms with Crippen LogP contribution >= 0.6 is 0 Å². The van der Waals surface area contributed by atoms with Crippen LogP contribution < -0.4 is 9.47 Å². The molecule has 0 spiro atoms. The Kier molecular flexibility index (Phi) is 5.11. The zero-order valence-electron chi connectivity index (χ0n) is 11.6. The smallest absolute Gasteiger partial charge is 0.190 e. The second-order valence-corrected chi connectivity index (χ2v) is 4.49. The highest BCUT2D eigenvalue weighted by Gasteiger charge is 2.12. The summed E-state index contributed by atoms with van der Waals surface area (Å²) in [5.41, 5.74) is 1.15. The summed E-state index contributed by atoms with van der Waals surface area (Å²) < 4.78 is 37.5. The van der Waals surface area contributed by atoms with Crippen molar-refractivity contribution < 1.29 is 23.4 Å². The molecule has 0 radical (unpaired) electrons. The first-order valence-electron chi connectivity index (χ1n) is 6.48. The highest BCUT2D eigenvalue weighted by Crippen LogP contribution is 2.23. The van der Waals surface area contributed by atoms with Crippen molar-refractivity contribution in [3.05, 3.63) is 59.2 Å². The van der Waals surface area contributed by atoms with Crippen LogP contribution in [0.25, 0.3) is 0 Å². The number of hydrogen-bond donors (Lipinski definition) is 1. The molecule has 5 heteroatoms. The van der Waals surface area contributed by atoms with Gasteiger partial charge in [-0.1, -0.05) is 12.1 Å². The third-order valence-corrected chi connectivity index (χ3v) is 3.04. The van der Waals surface area contributed by atoms with E-state index in [0.717, 1.165) is 23.4 Å². The van der Waals surface area contributed by atoms with Gasteiger partial charge in [0.1, 0.15) is 5.75 Å². The largest absolute Gasteiger partial charge is 0.497 e. The van der Waals surface area contributed by atoms with Gasteiger partial charge in [0, 0.05) is 6.42 Å². The summed E-state index contributed by atoms with van der Waals surface area (Å²) >= 11 is 0. The Bertz CT molecular complexity index is 574. The Morgan fingerprint density at radius 1 is 1.00 bits per heavy atom. The van der Waals surface area contributed by atoms with Crippen LogP contribution in [0.15, 0.2) is 36.4 Å². The number of benzene rings is 2. The lowest BCUT2D eigenvalue weighted by Gasteiger charge is -2.10. The highest BCUT2D eigenvalue weighted by molar-refractivity contribution is 5.31. The van der Waals surface area contributed by atoms with E-state index in [0.29, 0.717) is 6.42 Å². The lowest BCUT2D eigenvalue weighted by molar-refractivity contribution is 0.273. The second-order valence-electron chi connectivity index (χ2n) is 4.49. The average molecular weight is 294 g/mol. The van der Waals surface area contributed by atoms with Crippen molar-refractivity contribution in [2.75, 3.05) is 13.7 Å². The molecule has 0 saturated heterocycles. The topological polar surface area (TPSA) is 38.7 Å². The van der Waals surface area contributed by atoms with Crippen LogP contribution in [-0.2, 0) is 13.0 Å². The number of aliphatic hydroxyl groups is 1. The van der Waals surface area contributed by atoms with Crippen molar-refractivity contribution in [2.45, 2.75) is 13.0 Å². The van der Waals surface area contributed by atoms with Gasteiger partial charge in [-0.25, -0.2) is 8.78 Å². The molecule has 0 unspecified atom stereocenters. The number of halogens is 2. The minimum absolute atomic E-state index is 0.151. The average Bonchev–Trinajstić information content (AvgIpc) is 2.50. The van der Waals surface area contributed by atoms with E-state index in [4.69, 9.17) is 14.6 Å². The van der Waals surface area contributed by atoms with Gasteiger partial charge >= 0.3 is 0 Å². The SMILES string of the molecule is COc1ccc(CCOc2c(F)cc(CO)cc2F)cc1. The Labute approximate surface area is 121 Å². The van der Waals surface area contributed by atoms with Crippen LogP contribution in [0.2, 0.25) is 0 Å². The normalized spacial score (nSPS) is 10.5. The maximum absolute atomic E-state index is 13.6. The molecule has 2 aromatic rings. The van der Waals surface area contributed by atoms with E-state index in [-0.39, 0.29) is 12.2 Å². The third-order valence-electron chi connectivity index (χ3n) is 3.04. The van der Waals surface area contributed by atoms with Crippen LogP contribution in [0.1, 0.15) is 11.1 Å². The summed E-state index contributed by atoms with van der Waals surface area (Å²) in [5, 5.41) is 8.86. The molecule has 0 heterocycles. The molecule has 0 bridgehead atoms. The molecule has 1 N–H and O–H groups in total. The van der Waals surface area contributed by atoms with E-state index in [1.54, 1.807) is 7.11 Å². The van der Waals surface area contributed by atoms with Gasteiger partial charge in [-0.05, 0) is 35.4 Å². The molecule has 2 aromatic carbocycles. The molecule has 3 nitrogen and oxygen atoms in total. The minimum Gasteiger partial charge on any atom is -0.497 e. The van der Waals surface area contributed by atoms with Gasteiger partial charge in [0.15, 0.2) is 17.4 Å². The molecule has 0 fully saturated rings. The Balaban J connectivity index is 1.96. The number of aliphatic hydroxyl groups excluding tert-OH is 1. The van der Waals surface area contributed by atoms with Gasteiger partial charge in [-0.3, -0.25) is 0 Å². The summed E-state index contributed by atoms with van der Waals surface area (Å²) in [6, 6.07) is 9.48. The molecule has 0 aromatic heterocycles. The van der Waals surface area contributed by atoms with E-state index in [2.05, 4.69) is 0 Å². The highest BCUT2D eigenvalue weighted by atomic mass is 19.1. The van der Waals surface area contributed by atoms with E-state index < -0.39 is 24.0 Å². The van der Waals surface area contributed by atoms with Crippen molar-refractivity contribution in [2.24, 2.45) is 0 Å². The fourth-order valence-electron chi connectivity index (χ4n) is 1.90. The van der Waals surface area contributed by atoms with Gasteiger partial charge in [0.05, 0.1) is 20.3 Å². The molecule has 0 aliphatic rings. The molecule has 21 heavy (non-hydrogen) atoms. The summed E-state index contributed by atoms with van der Waals surface area (Å²) in [4.78, 5) is 0. The lowest BCUT2D eigenvalue weighted by Crippen LogP contribution is -2.05. The van der Waals surface area contributed by atoms with Gasteiger partial charge < -0.3 is 14.6 Å². The Morgan fingerprint density at radius 3 is 2.14 bits per heavy atom.